The third-order valence-electron chi connectivity index (χ3n) is 3.38. The highest BCUT2D eigenvalue weighted by molar-refractivity contribution is 7.71. The predicted molar refractivity (Wildman–Crippen MR) is 71.9 cm³/mol. The Morgan fingerprint density at radius 3 is 3.16 bits per heavy atom. The standard InChI is InChI=1S/C11H15N5O2S/c1-2-6-5(17)3-7(18-6)16-4-13-8-9(16)14-11(12)15-10(8)19/h4-7,17H,2-3H2,1H3,(H3,12,14,15,19)/t5-,6+,7+/m0/s1. The van der Waals surface area contributed by atoms with E-state index in [0.717, 1.165) is 6.42 Å². The van der Waals surface area contributed by atoms with Gasteiger partial charge in [-0.05, 0) is 6.42 Å². The normalized spacial score (nSPS) is 27.2. The monoisotopic (exact) mass is 281 g/mol. The van der Waals surface area contributed by atoms with E-state index in [-0.39, 0.29) is 18.3 Å². The largest absolute Gasteiger partial charge is 0.390 e. The Morgan fingerprint density at radius 1 is 1.68 bits per heavy atom. The Labute approximate surface area is 114 Å². The van der Waals surface area contributed by atoms with Gasteiger partial charge in [0, 0.05) is 6.42 Å². The number of hydrogen-bond donors (Lipinski definition) is 3. The van der Waals surface area contributed by atoms with Crippen molar-refractivity contribution in [1.82, 2.24) is 19.5 Å². The zero-order valence-electron chi connectivity index (χ0n) is 10.4. The number of aromatic nitrogens is 4. The molecule has 0 amide bonds. The van der Waals surface area contributed by atoms with E-state index in [0.29, 0.717) is 22.2 Å². The van der Waals surface area contributed by atoms with Gasteiger partial charge in [0.1, 0.15) is 17.4 Å². The Bertz CT molecular complexity index is 667. The topological polar surface area (TPSA) is 102 Å². The molecule has 1 aliphatic heterocycles. The van der Waals surface area contributed by atoms with Crippen molar-refractivity contribution in [3.05, 3.63) is 11.0 Å². The van der Waals surface area contributed by atoms with E-state index in [1.165, 1.54) is 0 Å². The summed E-state index contributed by atoms with van der Waals surface area (Å²) in [6.07, 6.45) is 2.04. The summed E-state index contributed by atoms with van der Waals surface area (Å²) in [6.45, 7) is 1.98. The Morgan fingerprint density at radius 2 is 2.47 bits per heavy atom. The Kier molecular flexibility index (Phi) is 3.00. The molecule has 3 atom stereocenters. The summed E-state index contributed by atoms with van der Waals surface area (Å²) in [7, 11) is 0. The first-order chi connectivity index (χ1) is 9.10. The van der Waals surface area contributed by atoms with Gasteiger partial charge >= 0.3 is 0 Å². The molecule has 7 nitrogen and oxygen atoms in total. The van der Waals surface area contributed by atoms with Crippen LogP contribution in [0.1, 0.15) is 26.0 Å². The van der Waals surface area contributed by atoms with E-state index < -0.39 is 6.10 Å². The molecule has 0 spiro atoms. The van der Waals surface area contributed by atoms with Gasteiger partial charge in [0.15, 0.2) is 10.6 Å². The summed E-state index contributed by atoms with van der Waals surface area (Å²) < 4.78 is 7.98. The van der Waals surface area contributed by atoms with Gasteiger partial charge in [0.05, 0.1) is 18.5 Å². The van der Waals surface area contributed by atoms with Crippen LogP contribution in [0, 0.1) is 4.64 Å². The number of rotatable bonds is 2. The SMILES string of the molecule is CC[C@H]1O[C@@H](n2cnc3c(=S)nc(N)[nH]c32)C[C@@H]1O. The van der Waals surface area contributed by atoms with Crippen molar-refractivity contribution in [2.75, 3.05) is 5.73 Å². The molecule has 2 aromatic rings. The van der Waals surface area contributed by atoms with E-state index in [2.05, 4.69) is 15.0 Å². The van der Waals surface area contributed by atoms with E-state index in [9.17, 15) is 5.11 Å². The summed E-state index contributed by atoms with van der Waals surface area (Å²) in [5.74, 6) is 0.241. The lowest BCUT2D eigenvalue weighted by molar-refractivity contribution is -0.0183. The lowest BCUT2D eigenvalue weighted by Crippen LogP contribution is -2.19. The van der Waals surface area contributed by atoms with Crippen molar-refractivity contribution in [2.24, 2.45) is 0 Å². The smallest absolute Gasteiger partial charge is 0.200 e. The molecule has 1 aliphatic rings. The molecule has 0 unspecified atom stereocenters. The maximum atomic E-state index is 9.91. The van der Waals surface area contributed by atoms with E-state index in [1.807, 2.05) is 11.5 Å². The fourth-order valence-electron chi connectivity index (χ4n) is 2.43. The number of nitrogen functional groups attached to an aromatic ring is 1. The fourth-order valence-corrected chi connectivity index (χ4v) is 2.67. The highest BCUT2D eigenvalue weighted by Crippen LogP contribution is 2.32. The van der Waals surface area contributed by atoms with Crippen molar-refractivity contribution in [1.29, 1.82) is 0 Å². The van der Waals surface area contributed by atoms with Crippen LogP contribution in [0.5, 0.6) is 0 Å². The first-order valence-corrected chi connectivity index (χ1v) is 6.56. The molecule has 8 heteroatoms. The van der Waals surface area contributed by atoms with Gasteiger partial charge < -0.3 is 20.6 Å². The Hall–Kier alpha value is -1.51. The number of fused-ring (bicyclic) bond motifs is 1. The number of hydrogen-bond acceptors (Lipinski definition) is 6. The van der Waals surface area contributed by atoms with Crippen LogP contribution in [0.4, 0.5) is 5.95 Å². The molecule has 2 aromatic heterocycles. The van der Waals surface area contributed by atoms with Crippen molar-refractivity contribution in [3.8, 4) is 0 Å². The third kappa shape index (κ3) is 2.01. The predicted octanol–water partition coefficient (Wildman–Crippen LogP) is 1.13. The Balaban J connectivity index is 2.05. The van der Waals surface area contributed by atoms with Crippen molar-refractivity contribution in [3.63, 3.8) is 0 Å². The van der Waals surface area contributed by atoms with Crippen molar-refractivity contribution < 1.29 is 9.84 Å². The lowest BCUT2D eigenvalue weighted by atomic mass is 10.1. The van der Waals surface area contributed by atoms with Gasteiger partial charge in [-0.25, -0.2) is 9.97 Å². The molecule has 1 fully saturated rings. The molecule has 0 aromatic carbocycles. The number of ether oxygens (including phenoxy) is 1. The first-order valence-electron chi connectivity index (χ1n) is 6.16. The lowest BCUT2D eigenvalue weighted by Gasteiger charge is -2.14. The summed E-state index contributed by atoms with van der Waals surface area (Å²) >= 11 is 5.12. The highest BCUT2D eigenvalue weighted by atomic mass is 32.1. The van der Waals surface area contributed by atoms with Gasteiger partial charge in [-0.1, -0.05) is 19.1 Å². The number of aromatic amines is 1. The van der Waals surface area contributed by atoms with Crippen LogP contribution in [0.15, 0.2) is 6.33 Å². The maximum absolute atomic E-state index is 9.91. The second-order valence-corrected chi connectivity index (χ2v) is 5.00. The molecule has 0 bridgehead atoms. The van der Waals surface area contributed by atoms with Gasteiger partial charge in [0.25, 0.3) is 0 Å². The van der Waals surface area contributed by atoms with Crippen LogP contribution >= 0.6 is 12.2 Å². The average Bonchev–Trinajstić information content (AvgIpc) is 2.92. The molecule has 0 saturated carbocycles. The van der Waals surface area contributed by atoms with Gasteiger partial charge in [0.2, 0.25) is 0 Å². The second-order valence-electron chi connectivity index (χ2n) is 4.62. The molecule has 102 valence electrons. The van der Waals surface area contributed by atoms with Crippen LogP contribution < -0.4 is 5.73 Å². The van der Waals surface area contributed by atoms with Gasteiger partial charge in [-0.2, -0.15) is 0 Å². The molecule has 19 heavy (non-hydrogen) atoms. The van der Waals surface area contributed by atoms with Crippen LogP contribution in [-0.2, 0) is 4.74 Å². The van der Waals surface area contributed by atoms with Crippen LogP contribution in [-0.4, -0.2) is 36.8 Å². The molecule has 3 rings (SSSR count). The number of nitrogens with two attached hydrogens (primary N) is 1. The van der Waals surface area contributed by atoms with E-state index in [1.54, 1.807) is 6.33 Å². The number of anilines is 1. The number of nitrogens with zero attached hydrogens (tertiary/aromatic N) is 3. The molecule has 1 saturated heterocycles. The molecule has 0 aliphatic carbocycles. The van der Waals surface area contributed by atoms with Crippen molar-refractivity contribution >= 4 is 29.3 Å². The first kappa shape index (κ1) is 12.5. The number of aliphatic hydroxyl groups is 1. The van der Waals surface area contributed by atoms with Gasteiger partial charge in [-0.3, -0.25) is 4.57 Å². The zero-order chi connectivity index (χ0) is 13.6. The molecule has 0 radical (unpaired) electrons. The molecular weight excluding hydrogens is 266 g/mol. The number of imidazole rings is 1. The molecule has 4 N–H and O–H groups in total. The second kappa shape index (κ2) is 4.55. The maximum Gasteiger partial charge on any atom is 0.200 e. The van der Waals surface area contributed by atoms with Crippen LogP contribution in [0.2, 0.25) is 0 Å². The number of H-pyrrole nitrogens is 1. The number of nitrogens with one attached hydrogen (secondary N) is 1. The zero-order valence-corrected chi connectivity index (χ0v) is 11.2. The summed E-state index contributed by atoms with van der Waals surface area (Å²) in [5.41, 5.74) is 6.93. The minimum absolute atomic E-state index is 0.149. The highest BCUT2D eigenvalue weighted by Gasteiger charge is 2.34. The summed E-state index contributed by atoms with van der Waals surface area (Å²) in [6, 6.07) is 0. The van der Waals surface area contributed by atoms with E-state index >= 15 is 0 Å². The summed E-state index contributed by atoms with van der Waals surface area (Å²) in [5, 5.41) is 9.91. The fraction of sp³-hybridized carbons (Fsp3) is 0.545. The number of aliphatic hydroxyl groups excluding tert-OH is 1. The average molecular weight is 281 g/mol. The van der Waals surface area contributed by atoms with Crippen LogP contribution in [0.25, 0.3) is 11.2 Å². The third-order valence-corrected chi connectivity index (χ3v) is 3.67. The quantitative estimate of drug-likeness (QED) is 0.713. The van der Waals surface area contributed by atoms with E-state index in [4.69, 9.17) is 22.7 Å². The van der Waals surface area contributed by atoms with Gasteiger partial charge in [-0.15, -0.1) is 0 Å². The molecular formula is C11H15N5O2S. The minimum atomic E-state index is -0.463. The van der Waals surface area contributed by atoms with Crippen LogP contribution in [0.3, 0.4) is 0 Å². The summed E-state index contributed by atoms with van der Waals surface area (Å²) in [4.78, 5) is 11.1. The minimum Gasteiger partial charge on any atom is -0.390 e. The molecule has 3 heterocycles. The van der Waals surface area contributed by atoms with Crippen molar-refractivity contribution in [2.45, 2.75) is 38.2 Å².